The van der Waals surface area contributed by atoms with Crippen molar-refractivity contribution in [2.24, 2.45) is 0 Å². The van der Waals surface area contributed by atoms with E-state index in [0.29, 0.717) is 18.8 Å². The highest BCUT2D eigenvalue weighted by Crippen LogP contribution is 2.29. The average Bonchev–Trinajstić information content (AvgIpc) is 3.13. The molecule has 150 valence electrons. The zero-order chi connectivity index (χ0) is 20.3. The quantitative estimate of drug-likeness (QED) is 0.817. The lowest BCUT2D eigenvalue weighted by Gasteiger charge is -2.34. The van der Waals surface area contributed by atoms with E-state index < -0.39 is 0 Å². The van der Waals surface area contributed by atoms with Gasteiger partial charge in [-0.3, -0.25) is 4.79 Å². The summed E-state index contributed by atoms with van der Waals surface area (Å²) in [4.78, 5) is 26.6. The minimum absolute atomic E-state index is 0.0596. The van der Waals surface area contributed by atoms with E-state index in [-0.39, 0.29) is 34.2 Å². The van der Waals surface area contributed by atoms with Gasteiger partial charge in [0.25, 0.3) is 5.91 Å². The highest BCUT2D eigenvalue weighted by atomic mass is 32.1. The Morgan fingerprint density at radius 2 is 1.93 bits per heavy atom. The van der Waals surface area contributed by atoms with E-state index in [4.69, 9.17) is 0 Å². The van der Waals surface area contributed by atoms with Crippen LogP contribution in [0.4, 0.5) is 14.9 Å². The molecule has 28 heavy (non-hydrogen) atoms. The number of amides is 3. The fraction of sp³-hybridized carbons (Fsp3) is 0.474. The summed E-state index contributed by atoms with van der Waals surface area (Å²) in [7, 11) is 0. The second kappa shape index (κ2) is 8.22. The summed E-state index contributed by atoms with van der Waals surface area (Å²) >= 11 is 1.23. The van der Waals surface area contributed by atoms with Crippen LogP contribution in [0.3, 0.4) is 0 Å². The normalized spacial score (nSPS) is 17.3. The van der Waals surface area contributed by atoms with Crippen LogP contribution in [0.1, 0.15) is 54.3 Å². The van der Waals surface area contributed by atoms with E-state index in [1.165, 1.54) is 35.6 Å². The van der Waals surface area contributed by atoms with Gasteiger partial charge in [0.2, 0.25) is 5.01 Å². The van der Waals surface area contributed by atoms with E-state index in [9.17, 15) is 14.0 Å². The molecular formula is C19H24FN5O2S. The second-order valence-corrected chi connectivity index (χ2v) is 8.88. The summed E-state index contributed by atoms with van der Waals surface area (Å²) in [5, 5.41) is 14.8. The molecular weight excluding hydrogens is 381 g/mol. The SMILES string of the molecule is CC(C)(C)NC(=O)N1CCCC(c2nnc(C(=O)Nc3ccc(F)cc3)s2)C1. The Morgan fingerprint density at radius 1 is 1.21 bits per heavy atom. The van der Waals surface area contributed by atoms with Gasteiger partial charge in [-0.25, -0.2) is 9.18 Å². The van der Waals surface area contributed by atoms with Crippen molar-refractivity contribution in [2.75, 3.05) is 18.4 Å². The van der Waals surface area contributed by atoms with Crippen molar-refractivity contribution in [3.63, 3.8) is 0 Å². The molecule has 1 aromatic carbocycles. The molecule has 3 amide bonds. The topological polar surface area (TPSA) is 87.2 Å². The van der Waals surface area contributed by atoms with Gasteiger partial charge in [0.1, 0.15) is 10.8 Å². The number of halogens is 1. The van der Waals surface area contributed by atoms with Crippen molar-refractivity contribution in [3.05, 3.63) is 40.1 Å². The zero-order valence-corrected chi connectivity index (χ0v) is 17.0. The first-order chi connectivity index (χ1) is 13.2. The predicted molar refractivity (Wildman–Crippen MR) is 106 cm³/mol. The van der Waals surface area contributed by atoms with Gasteiger partial charge >= 0.3 is 6.03 Å². The number of aromatic nitrogens is 2. The molecule has 2 N–H and O–H groups in total. The number of benzene rings is 1. The molecule has 1 aromatic heterocycles. The Hall–Kier alpha value is -2.55. The maximum atomic E-state index is 13.0. The van der Waals surface area contributed by atoms with Gasteiger partial charge in [0.15, 0.2) is 0 Å². The molecule has 1 fully saturated rings. The number of urea groups is 1. The third-order valence-corrected chi connectivity index (χ3v) is 5.36. The minimum Gasteiger partial charge on any atom is -0.333 e. The molecule has 1 atom stereocenters. The van der Waals surface area contributed by atoms with Gasteiger partial charge in [0, 0.05) is 30.2 Å². The van der Waals surface area contributed by atoms with Crippen LogP contribution in [-0.2, 0) is 0 Å². The molecule has 3 rings (SSSR count). The first-order valence-corrected chi connectivity index (χ1v) is 10.0. The summed E-state index contributed by atoms with van der Waals surface area (Å²) in [5.74, 6) is -0.689. The van der Waals surface area contributed by atoms with E-state index in [1.807, 2.05) is 20.8 Å². The van der Waals surface area contributed by atoms with Gasteiger partial charge in [-0.2, -0.15) is 0 Å². The van der Waals surface area contributed by atoms with Crippen LogP contribution in [0, 0.1) is 5.82 Å². The van der Waals surface area contributed by atoms with Gasteiger partial charge in [-0.15, -0.1) is 10.2 Å². The van der Waals surface area contributed by atoms with Gasteiger partial charge in [0.05, 0.1) is 0 Å². The molecule has 0 radical (unpaired) electrons. The molecule has 0 aliphatic carbocycles. The second-order valence-electron chi connectivity index (χ2n) is 7.87. The fourth-order valence-electron chi connectivity index (χ4n) is 2.97. The number of hydrogen-bond donors (Lipinski definition) is 2. The number of nitrogens with one attached hydrogen (secondary N) is 2. The summed E-state index contributed by atoms with van der Waals surface area (Å²) in [6.07, 6.45) is 1.77. The number of piperidine rings is 1. The minimum atomic E-state index is -0.381. The highest BCUT2D eigenvalue weighted by molar-refractivity contribution is 7.13. The number of hydrogen-bond acceptors (Lipinski definition) is 5. The first kappa shape index (κ1) is 20.2. The molecule has 0 saturated carbocycles. The smallest absolute Gasteiger partial charge is 0.317 e. The molecule has 2 aromatic rings. The summed E-state index contributed by atoms with van der Waals surface area (Å²) in [6.45, 7) is 7.10. The monoisotopic (exact) mass is 405 g/mol. The zero-order valence-electron chi connectivity index (χ0n) is 16.2. The van der Waals surface area contributed by atoms with Crippen LogP contribution >= 0.6 is 11.3 Å². The maximum absolute atomic E-state index is 13.0. The molecule has 0 spiro atoms. The standard InChI is InChI=1S/C19H24FN5O2S/c1-19(2,3)22-18(27)25-10-4-5-12(11-25)16-23-24-17(28-16)15(26)21-14-8-6-13(20)7-9-14/h6-9,12H,4-5,10-11H2,1-3H3,(H,21,26)(H,22,27). The lowest BCUT2D eigenvalue weighted by atomic mass is 9.99. The summed E-state index contributed by atoms with van der Waals surface area (Å²) < 4.78 is 13.0. The van der Waals surface area contributed by atoms with Crippen LogP contribution in [0.25, 0.3) is 0 Å². The number of carbonyl (C=O) groups excluding carboxylic acids is 2. The summed E-state index contributed by atoms with van der Waals surface area (Å²) in [6, 6.07) is 5.45. The third kappa shape index (κ3) is 5.25. The summed E-state index contributed by atoms with van der Waals surface area (Å²) in [5.41, 5.74) is 0.198. The molecule has 1 aliphatic rings. The Morgan fingerprint density at radius 3 is 2.61 bits per heavy atom. The first-order valence-electron chi connectivity index (χ1n) is 9.19. The van der Waals surface area contributed by atoms with E-state index >= 15 is 0 Å². The van der Waals surface area contributed by atoms with Gasteiger partial charge < -0.3 is 15.5 Å². The van der Waals surface area contributed by atoms with Crippen LogP contribution in [0.2, 0.25) is 0 Å². The molecule has 1 saturated heterocycles. The molecule has 2 heterocycles. The third-order valence-electron chi connectivity index (χ3n) is 4.28. The van der Waals surface area contributed by atoms with E-state index in [0.717, 1.165) is 17.8 Å². The van der Waals surface area contributed by atoms with Crippen molar-refractivity contribution < 1.29 is 14.0 Å². The van der Waals surface area contributed by atoms with Crippen molar-refractivity contribution in [2.45, 2.75) is 45.1 Å². The van der Waals surface area contributed by atoms with Crippen molar-refractivity contribution >= 4 is 29.0 Å². The average molecular weight is 405 g/mol. The Kier molecular flexibility index (Phi) is 5.93. The number of carbonyl (C=O) groups is 2. The maximum Gasteiger partial charge on any atom is 0.317 e. The van der Waals surface area contributed by atoms with Crippen molar-refractivity contribution in [3.8, 4) is 0 Å². The largest absolute Gasteiger partial charge is 0.333 e. The number of nitrogens with zero attached hydrogens (tertiary/aromatic N) is 3. The van der Waals surface area contributed by atoms with Crippen LogP contribution < -0.4 is 10.6 Å². The van der Waals surface area contributed by atoms with Crippen LogP contribution in [0.5, 0.6) is 0 Å². The predicted octanol–water partition coefficient (Wildman–Crippen LogP) is 3.62. The molecule has 9 heteroatoms. The Labute approximate surface area is 167 Å². The molecule has 0 bridgehead atoms. The van der Waals surface area contributed by atoms with E-state index in [2.05, 4.69) is 20.8 Å². The van der Waals surface area contributed by atoms with Gasteiger partial charge in [-0.1, -0.05) is 11.3 Å². The number of likely N-dealkylation sites (tertiary alicyclic amines) is 1. The lowest BCUT2D eigenvalue weighted by Crippen LogP contribution is -2.51. The van der Waals surface area contributed by atoms with Crippen LogP contribution in [0.15, 0.2) is 24.3 Å². The number of rotatable bonds is 3. The Balaban J connectivity index is 1.63. The molecule has 1 unspecified atom stereocenters. The highest BCUT2D eigenvalue weighted by Gasteiger charge is 2.29. The number of anilines is 1. The Bertz CT molecular complexity index is 847. The molecule has 7 nitrogen and oxygen atoms in total. The molecule has 1 aliphatic heterocycles. The van der Waals surface area contributed by atoms with Gasteiger partial charge in [-0.05, 0) is 57.9 Å². The van der Waals surface area contributed by atoms with E-state index in [1.54, 1.807) is 4.90 Å². The van der Waals surface area contributed by atoms with Crippen molar-refractivity contribution in [1.82, 2.24) is 20.4 Å². The fourth-order valence-corrected chi connectivity index (χ4v) is 3.84. The lowest BCUT2D eigenvalue weighted by molar-refractivity contribution is 0.102. The van der Waals surface area contributed by atoms with Crippen molar-refractivity contribution in [1.29, 1.82) is 0 Å². The van der Waals surface area contributed by atoms with Crippen LogP contribution in [-0.4, -0.2) is 45.7 Å².